The molecule has 0 saturated heterocycles. The van der Waals surface area contributed by atoms with Crippen molar-refractivity contribution in [1.82, 2.24) is 39.0 Å². The molecule has 304 valence electrons. The average Bonchev–Trinajstić information content (AvgIpc) is 3.14. The van der Waals surface area contributed by atoms with Gasteiger partial charge >= 0.3 is 19.2 Å². The Kier molecular flexibility index (Phi) is 11.7. The maximum Gasteiger partial charge on any atom is 0.472 e. The van der Waals surface area contributed by atoms with E-state index in [4.69, 9.17) is 9.05 Å². The lowest BCUT2D eigenvalue weighted by molar-refractivity contribution is -0.0920. The van der Waals surface area contributed by atoms with Gasteiger partial charge in [-0.1, -0.05) is 0 Å². The SMILES string of the molecule is Cc1cc2nc3c(=O)[nH]c(=O)nc-3n(C[C@@H](O)[C@@H](O)[C@@H](O)COP(=O)(O)O[C@H](Cn3c4nc(=O)[nH]c(=O)c-4nc4cc(C)c(C)cc43)[C@@H](O)[C@@H](O)CO)c2cc1C. The minimum Gasteiger partial charge on any atom is -0.394 e. The lowest BCUT2D eigenvalue weighted by Crippen LogP contribution is -2.44. The summed E-state index contributed by atoms with van der Waals surface area (Å²) in [6, 6.07) is 6.56. The number of phosphoric ester groups is 1. The Balaban J connectivity index is 1.26. The van der Waals surface area contributed by atoms with Crippen molar-refractivity contribution >= 4 is 29.9 Å². The molecule has 9 N–H and O–H groups in total. The van der Waals surface area contributed by atoms with Crippen molar-refractivity contribution in [3.05, 3.63) is 88.2 Å². The number of aliphatic hydroxyl groups is 6. The predicted molar refractivity (Wildman–Crippen MR) is 199 cm³/mol. The lowest BCUT2D eigenvalue weighted by atomic mass is 10.1. The van der Waals surface area contributed by atoms with Gasteiger partial charge in [0.25, 0.3) is 11.1 Å². The summed E-state index contributed by atoms with van der Waals surface area (Å²) in [5, 5.41) is 63.7. The van der Waals surface area contributed by atoms with Crippen LogP contribution >= 0.6 is 7.82 Å². The fourth-order valence-corrected chi connectivity index (χ4v) is 7.17. The molecule has 0 fully saturated rings. The molecule has 4 aliphatic rings. The topological polar surface area (TPSA) is 338 Å². The maximum atomic E-state index is 13.3. The van der Waals surface area contributed by atoms with E-state index in [1.807, 2.05) is 9.97 Å². The van der Waals surface area contributed by atoms with Gasteiger partial charge in [0.15, 0.2) is 23.0 Å². The van der Waals surface area contributed by atoms with E-state index in [-0.39, 0.29) is 39.6 Å². The summed E-state index contributed by atoms with van der Waals surface area (Å²) in [5.74, 6) is -0.548. The Hall–Kier alpha value is -5.13. The van der Waals surface area contributed by atoms with Crippen LogP contribution in [0.4, 0.5) is 0 Å². The smallest absolute Gasteiger partial charge is 0.394 e. The van der Waals surface area contributed by atoms with Gasteiger partial charge in [-0.15, -0.1) is 0 Å². The highest BCUT2D eigenvalue weighted by Crippen LogP contribution is 2.46. The number of H-pyrrole nitrogens is 2. The number of hydrogen-bond acceptors (Lipinski definition) is 17. The number of fused-ring (bicyclic) bond motifs is 4. The summed E-state index contributed by atoms with van der Waals surface area (Å²) in [7, 11) is -5.40. The second kappa shape index (κ2) is 16.0. The van der Waals surface area contributed by atoms with E-state index in [1.165, 1.54) is 9.13 Å². The highest BCUT2D eigenvalue weighted by molar-refractivity contribution is 7.47. The van der Waals surface area contributed by atoms with Gasteiger partial charge in [-0.2, -0.15) is 9.97 Å². The molecule has 22 nitrogen and oxygen atoms in total. The van der Waals surface area contributed by atoms with E-state index in [2.05, 4.69) is 19.9 Å². The molecule has 0 aliphatic carbocycles. The van der Waals surface area contributed by atoms with Crippen molar-refractivity contribution in [2.24, 2.45) is 0 Å². The van der Waals surface area contributed by atoms with E-state index in [0.29, 0.717) is 5.52 Å². The number of aromatic amines is 2. The largest absolute Gasteiger partial charge is 0.472 e. The number of benzene rings is 2. The zero-order valence-corrected chi connectivity index (χ0v) is 31.6. The van der Waals surface area contributed by atoms with Gasteiger partial charge in [0.05, 0.1) is 48.4 Å². The van der Waals surface area contributed by atoms with E-state index < -0.39 is 93.2 Å². The predicted octanol–water partition coefficient (Wildman–Crippen LogP) is -2.28. The number of aliphatic hydroxyl groups excluding tert-OH is 6. The molecule has 0 aromatic heterocycles. The van der Waals surface area contributed by atoms with Gasteiger partial charge < -0.3 is 44.7 Å². The zero-order chi connectivity index (χ0) is 41.7. The number of rotatable bonds is 14. The Morgan fingerprint density at radius 2 is 1.12 bits per heavy atom. The molecule has 0 saturated carbocycles. The summed E-state index contributed by atoms with van der Waals surface area (Å²) < 4.78 is 26.0. The molecular weight excluding hydrogens is 775 g/mol. The van der Waals surface area contributed by atoms with E-state index in [1.54, 1.807) is 52.0 Å². The second-order valence-corrected chi connectivity index (χ2v) is 15.1. The van der Waals surface area contributed by atoms with Crippen molar-refractivity contribution in [1.29, 1.82) is 0 Å². The second-order valence-electron chi connectivity index (χ2n) is 13.7. The molecule has 0 radical (unpaired) electrons. The van der Waals surface area contributed by atoms with Gasteiger partial charge in [0.1, 0.15) is 36.6 Å². The number of nitrogens with one attached hydrogen (secondary N) is 2. The Morgan fingerprint density at radius 1 is 0.667 bits per heavy atom. The van der Waals surface area contributed by atoms with Gasteiger partial charge in [-0.25, -0.2) is 24.1 Å². The fourth-order valence-electron chi connectivity index (χ4n) is 6.23. The average molecular weight is 815 g/mol. The van der Waals surface area contributed by atoms with Gasteiger partial charge in [-0.3, -0.25) is 28.6 Å². The fraction of sp³-hybridized carbons (Fsp3) is 0.412. The van der Waals surface area contributed by atoms with Crippen LogP contribution in [0.25, 0.3) is 45.1 Å². The highest BCUT2D eigenvalue weighted by atomic mass is 31.2. The first-order valence-corrected chi connectivity index (χ1v) is 18.8. The Morgan fingerprint density at radius 3 is 1.60 bits per heavy atom. The van der Waals surface area contributed by atoms with Gasteiger partial charge in [0, 0.05) is 0 Å². The van der Waals surface area contributed by atoms with Crippen LogP contribution in [0.3, 0.4) is 0 Å². The van der Waals surface area contributed by atoms with E-state index >= 15 is 0 Å². The van der Waals surface area contributed by atoms with E-state index in [9.17, 15) is 59.3 Å². The van der Waals surface area contributed by atoms with Crippen molar-refractivity contribution in [2.75, 3.05) is 13.2 Å². The number of aryl methyl sites for hydroxylation is 4. The maximum absolute atomic E-state index is 13.3. The molecule has 23 heteroatoms. The lowest BCUT2D eigenvalue weighted by Gasteiger charge is -2.30. The van der Waals surface area contributed by atoms with Gasteiger partial charge in [-0.05, 0) is 74.2 Å². The molecule has 0 bridgehead atoms. The normalized spacial score (nSPS) is 16.5. The Bertz CT molecular complexity index is 2710. The van der Waals surface area contributed by atoms with Crippen LogP contribution < -0.4 is 22.5 Å². The first-order chi connectivity index (χ1) is 26.8. The molecule has 0 amide bonds. The molecule has 2 aromatic carbocycles. The first-order valence-electron chi connectivity index (χ1n) is 17.3. The first kappa shape index (κ1) is 41.5. The minimum atomic E-state index is -5.40. The number of phosphoric acid groups is 1. The highest BCUT2D eigenvalue weighted by Gasteiger charge is 2.38. The molecule has 2 aromatic rings. The molecule has 0 spiro atoms. The molecule has 6 rings (SSSR count). The third kappa shape index (κ3) is 8.46. The molecular formula is C34H39N8O14P. The van der Waals surface area contributed by atoms with Crippen molar-refractivity contribution < 1.29 is 49.1 Å². The summed E-state index contributed by atoms with van der Waals surface area (Å²) in [6.45, 7) is 3.64. The molecule has 4 aliphatic heterocycles. The minimum absolute atomic E-state index is 0.221. The number of hydrogen-bond donors (Lipinski definition) is 9. The number of nitrogens with zero attached hydrogens (tertiary/aromatic N) is 6. The third-order valence-electron chi connectivity index (χ3n) is 9.61. The third-order valence-corrected chi connectivity index (χ3v) is 10.6. The summed E-state index contributed by atoms with van der Waals surface area (Å²) >= 11 is 0. The van der Waals surface area contributed by atoms with Crippen molar-refractivity contribution in [3.63, 3.8) is 0 Å². The van der Waals surface area contributed by atoms with Crippen molar-refractivity contribution in [2.45, 2.75) is 77.4 Å². The standard InChI is InChI=1S/C34H39N8O14P/c1-13-5-17-19(7-15(13)3)41(29-25(35-17)31(49)39-33(51)37-29)9-21(44)27(47)23(46)12-55-57(53,54)56-24(28(48)22(45)11-43)10-42-20-8-16(4)14(2)6-18(20)36-26-30(42)38-34(52)40-32(26)50/h5-8,21-24,27-28,43-48H,9-12H2,1-4H3,(H,53,54)(H,39,49,51)(H,40,50,52)/t21-,22+,23+,24-,27-,28+/m1/s1. The summed E-state index contributed by atoms with van der Waals surface area (Å²) in [6.07, 6.45) is -12.1. The van der Waals surface area contributed by atoms with Crippen LogP contribution in [0.2, 0.25) is 0 Å². The number of aromatic nitrogens is 8. The van der Waals surface area contributed by atoms with Crippen LogP contribution in [0, 0.1) is 27.7 Å². The Labute approximate surface area is 319 Å². The molecule has 4 heterocycles. The van der Waals surface area contributed by atoms with Crippen LogP contribution in [-0.2, 0) is 26.7 Å². The van der Waals surface area contributed by atoms with E-state index in [0.717, 1.165) is 22.3 Å². The van der Waals surface area contributed by atoms with Crippen LogP contribution in [0.5, 0.6) is 0 Å². The van der Waals surface area contributed by atoms with Crippen LogP contribution in [0.15, 0.2) is 43.4 Å². The van der Waals surface area contributed by atoms with Crippen molar-refractivity contribution in [3.8, 4) is 23.0 Å². The summed E-state index contributed by atoms with van der Waals surface area (Å²) in [4.78, 5) is 80.9. The van der Waals surface area contributed by atoms with Crippen LogP contribution in [0.1, 0.15) is 22.3 Å². The quantitative estimate of drug-likeness (QED) is 0.0413. The summed E-state index contributed by atoms with van der Waals surface area (Å²) in [5.41, 5.74) is -0.262. The van der Waals surface area contributed by atoms with Gasteiger partial charge in [0.2, 0.25) is 0 Å². The monoisotopic (exact) mass is 814 g/mol. The van der Waals surface area contributed by atoms with Crippen LogP contribution in [-0.4, -0.2) is 124 Å². The molecule has 1 unspecified atom stereocenters. The molecule has 57 heavy (non-hydrogen) atoms. The molecule has 7 atom stereocenters. The zero-order valence-electron chi connectivity index (χ0n) is 30.7.